The second kappa shape index (κ2) is 6.41. The molecule has 0 aromatic heterocycles. The van der Waals surface area contributed by atoms with Gasteiger partial charge in [0.15, 0.2) is 5.78 Å². The van der Waals surface area contributed by atoms with Crippen LogP contribution in [0, 0.1) is 16.7 Å². The second-order valence-electron chi connectivity index (χ2n) is 7.31. The monoisotopic (exact) mass is 354 g/mol. The minimum atomic E-state index is -0.604. The van der Waals surface area contributed by atoms with Crippen LogP contribution in [0.2, 0.25) is 0 Å². The van der Waals surface area contributed by atoms with Crippen molar-refractivity contribution < 1.29 is 19.0 Å². The van der Waals surface area contributed by atoms with Crippen molar-refractivity contribution in [2.45, 2.75) is 32.6 Å². The predicted octanol–water partition coefficient (Wildman–Crippen LogP) is 3.15. The van der Waals surface area contributed by atoms with Crippen molar-refractivity contribution in [3.05, 3.63) is 46.6 Å². The summed E-state index contributed by atoms with van der Waals surface area (Å²) in [4.78, 5) is 12.9. The summed E-state index contributed by atoms with van der Waals surface area (Å²) < 4.78 is 16.4. The van der Waals surface area contributed by atoms with Crippen LogP contribution in [-0.4, -0.2) is 20.0 Å². The van der Waals surface area contributed by atoms with E-state index in [1.54, 1.807) is 25.3 Å². The van der Waals surface area contributed by atoms with Gasteiger partial charge in [-0.3, -0.25) is 4.79 Å². The molecule has 1 aliphatic heterocycles. The quantitative estimate of drug-likeness (QED) is 0.896. The maximum Gasteiger partial charge on any atom is 0.205 e. The predicted molar refractivity (Wildman–Crippen MR) is 95.2 cm³/mol. The molecule has 0 radical (unpaired) electrons. The summed E-state index contributed by atoms with van der Waals surface area (Å²) in [7, 11) is 3.10. The Morgan fingerprint density at radius 1 is 1.27 bits per heavy atom. The van der Waals surface area contributed by atoms with E-state index in [2.05, 4.69) is 6.07 Å². The number of nitriles is 1. The lowest BCUT2D eigenvalue weighted by molar-refractivity contribution is -0.119. The third-order valence-electron chi connectivity index (χ3n) is 4.83. The van der Waals surface area contributed by atoms with Gasteiger partial charge in [0.25, 0.3) is 0 Å². The number of rotatable bonds is 3. The first-order chi connectivity index (χ1) is 12.3. The number of nitrogens with zero attached hydrogens (tertiary/aromatic N) is 1. The Kier molecular flexibility index (Phi) is 4.41. The lowest BCUT2D eigenvalue weighted by Gasteiger charge is -2.37. The first kappa shape index (κ1) is 17.9. The molecule has 6 heteroatoms. The first-order valence-electron chi connectivity index (χ1n) is 8.37. The summed E-state index contributed by atoms with van der Waals surface area (Å²) in [6.45, 7) is 4.03. The van der Waals surface area contributed by atoms with Crippen LogP contribution in [0.4, 0.5) is 0 Å². The number of Topliss-reactive ketones (excluding diaryl/α,β-unsaturated/α-hetero) is 1. The summed E-state index contributed by atoms with van der Waals surface area (Å²) in [5.74, 6) is 1.11. The zero-order chi connectivity index (χ0) is 19.1. The van der Waals surface area contributed by atoms with Crippen LogP contribution in [-0.2, 0) is 9.53 Å². The summed E-state index contributed by atoms with van der Waals surface area (Å²) >= 11 is 0. The van der Waals surface area contributed by atoms with Crippen molar-refractivity contribution >= 4 is 5.78 Å². The van der Waals surface area contributed by atoms with Gasteiger partial charge in [0.1, 0.15) is 28.9 Å². The molecule has 1 heterocycles. The molecule has 3 rings (SSSR count). The number of methoxy groups -OCH3 is 2. The molecule has 0 spiro atoms. The Morgan fingerprint density at radius 3 is 2.62 bits per heavy atom. The van der Waals surface area contributed by atoms with Crippen molar-refractivity contribution in [1.29, 1.82) is 5.26 Å². The minimum absolute atomic E-state index is 0.0284. The van der Waals surface area contributed by atoms with E-state index >= 15 is 0 Å². The van der Waals surface area contributed by atoms with Crippen LogP contribution in [0.25, 0.3) is 0 Å². The highest BCUT2D eigenvalue weighted by molar-refractivity contribution is 6.00. The van der Waals surface area contributed by atoms with Crippen molar-refractivity contribution in [3.63, 3.8) is 0 Å². The number of hydrogen-bond donors (Lipinski definition) is 1. The number of nitrogens with two attached hydrogens (primary N) is 1. The number of allylic oxidation sites excluding steroid dienone is 3. The highest BCUT2D eigenvalue weighted by Gasteiger charge is 2.43. The minimum Gasteiger partial charge on any atom is -0.497 e. The van der Waals surface area contributed by atoms with Gasteiger partial charge >= 0.3 is 0 Å². The fraction of sp³-hybridized carbons (Fsp3) is 0.400. The SMILES string of the molecule is COc1ccc(C2C(C#N)=C(N)OC3=C2C(=O)CC(C)(C)C3)c(OC)c1. The van der Waals surface area contributed by atoms with E-state index in [1.807, 2.05) is 13.8 Å². The Morgan fingerprint density at radius 2 is 2.00 bits per heavy atom. The van der Waals surface area contributed by atoms with E-state index in [4.69, 9.17) is 19.9 Å². The summed E-state index contributed by atoms with van der Waals surface area (Å²) in [6.07, 6.45) is 0.977. The Bertz CT molecular complexity index is 874. The Labute approximate surface area is 152 Å². The summed E-state index contributed by atoms with van der Waals surface area (Å²) in [5.41, 5.74) is 7.23. The molecule has 0 fully saturated rings. The highest BCUT2D eigenvalue weighted by atomic mass is 16.5. The summed E-state index contributed by atoms with van der Waals surface area (Å²) in [6, 6.07) is 7.42. The van der Waals surface area contributed by atoms with Crippen LogP contribution < -0.4 is 15.2 Å². The van der Waals surface area contributed by atoms with Gasteiger partial charge in [-0.1, -0.05) is 19.9 Å². The average Bonchev–Trinajstić information content (AvgIpc) is 2.58. The highest BCUT2D eigenvalue weighted by Crippen LogP contribution is 2.49. The topological polar surface area (TPSA) is 94.6 Å². The summed E-state index contributed by atoms with van der Waals surface area (Å²) in [5, 5.41) is 9.67. The zero-order valence-corrected chi connectivity index (χ0v) is 15.4. The lowest BCUT2D eigenvalue weighted by Crippen LogP contribution is -2.33. The molecule has 1 unspecified atom stereocenters. The third-order valence-corrected chi connectivity index (χ3v) is 4.83. The smallest absolute Gasteiger partial charge is 0.205 e. The van der Waals surface area contributed by atoms with Crippen molar-refractivity contribution in [3.8, 4) is 17.6 Å². The van der Waals surface area contributed by atoms with Gasteiger partial charge in [-0.25, -0.2) is 0 Å². The molecule has 2 N–H and O–H groups in total. The maximum absolute atomic E-state index is 12.9. The van der Waals surface area contributed by atoms with E-state index in [0.717, 1.165) is 0 Å². The number of ether oxygens (including phenoxy) is 3. The molecule has 1 aromatic rings. The van der Waals surface area contributed by atoms with E-state index in [1.165, 1.54) is 7.11 Å². The van der Waals surface area contributed by atoms with Crippen LogP contribution in [0.1, 0.15) is 38.2 Å². The first-order valence-corrected chi connectivity index (χ1v) is 8.37. The van der Waals surface area contributed by atoms with Gasteiger partial charge in [-0.15, -0.1) is 0 Å². The fourth-order valence-corrected chi connectivity index (χ4v) is 3.65. The van der Waals surface area contributed by atoms with E-state index in [0.29, 0.717) is 41.2 Å². The number of carbonyl (C=O) groups is 1. The van der Waals surface area contributed by atoms with Crippen LogP contribution in [0.3, 0.4) is 0 Å². The van der Waals surface area contributed by atoms with Crippen LogP contribution in [0.5, 0.6) is 11.5 Å². The number of ketones is 1. The molecular formula is C20H22N2O4. The number of carbonyl (C=O) groups excluding carboxylic acids is 1. The molecule has 136 valence electrons. The van der Waals surface area contributed by atoms with Crippen molar-refractivity contribution in [2.24, 2.45) is 11.1 Å². The standard InChI is InChI=1S/C20H22N2O4/c1-20(2)8-14(23)18-16(9-20)26-19(22)13(10-21)17(18)12-6-5-11(24-3)7-15(12)25-4/h5-7,17H,8-9,22H2,1-4H3. The molecule has 2 aliphatic rings. The number of benzene rings is 1. The zero-order valence-electron chi connectivity index (χ0n) is 15.4. The molecule has 26 heavy (non-hydrogen) atoms. The van der Waals surface area contributed by atoms with Gasteiger partial charge in [0, 0.05) is 30.0 Å². The molecule has 1 atom stereocenters. The van der Waals surface area contributed by atoms with E-state index in [-0.39, 0.29) is 22.7 Å². The molecule has 1 aromatic carbocycles. The number of hydrogen-bond acceptors (Lipinski definition) is 6. The average molecular weight is 354 g/mol. The van der Waals surface area contributed by atoms with Crippen molar-refractivity contribution in [2.75, 3.05) is 14.2 Å². The Balaban J connectivity index is 2.22. The van der Waals surface area contributed by atoms with Crippen LogP contribution >= 0.6 is 0 Å². The molecule has 0 saturated carbocycles. The van der Waals surface area contributed by atoms with E-state index in [9.17, 15) is 10.1 Å². The van der Waals surface area contributed by atoms with Gasteiger partial charge in [-0.2, -0.15) is 5.26 Å². The largest absolute Gasteiger partial charge is 0.497 e. The van der Waals surface area contributed by atoms with Gasteiger partial charge in [0.05, 0.1) is 20.1 Å². The van der Waals surface area contributed by atoms with Crippen LogP contribution in [0.15, 0.2) is 41.0 Å². The van der Waals surface area contributed by atoms with Crippen molar-refractivity contribution in [1.82, 2.24) is 0 Å². The van der Waals surface area contributed by atoms with Gasteiger partial charge < -0.3 is 19.9 Å². The fourth-order valence-electron chi connectivity index (χ4n) is 3.65. The maximum atomic E-state index is 12.9. The van der Waals surface area contributed by atoms with E-state index < -0.39 is 5.92 Å². The molecule has 0 bridgehead atoms. The second-order valence-corrected chi connectivity index (χ2v) is 7.31. The van der Waals surface area contributed by atoms with Gasteiger partial charge in [0.2, 0.25) is 5.88 Å². The molecular weight excluding hydrogens is 332 g/mol. The lowest BCUT2D eigenvalue weighted by atomic mass is 9.70. The normalized spacial score (nSPS) is 21.7. The third kappa shape index (κ3) is 2.90. The molecule has 0 saturated heterocycles. The Hall–Kier alpha value is -2.94. The molecule has 6 nitrogen and oxygen atoms in total. The molecule has 0 amide bonds. The van der Waals surface area contributed by atoms with Gasteiger partial charge in [-0.05, 0) is 11.5 Å². The molecule has 1 aliphatic carbocycles.